The van der Waals surface area contributed by atoms with Gasteiger partial charge in [0.15, 0.2) is 17.5 Å². The fourth-order valence-electron chi connectivity index (χ4n) is 7.88. The largest absolute Gasteiger partial charge is 0.456 e. The first-order valence-electron chi connectivity index (χ1n) is 20.4. The van der Waals surface area contributed by atoms with E-state index in [9.17, 15) is 0 Å². The number of hydrogen-bond acceptors (Lipinski definition) is 4. The summed E-state index contributed by atoms with van der Waals surface area (Å²) in [4.78, 5) is 15.1. The van der Waals surface area contributed by atoms with E-state index in [0.717, 1.165) is 82.8 Å². The van der Waals surface area contributed by atoms with Crippen molar-refractivity contribution in [2.45, 2.75) is 6.42 Å². The Bertz CT molecular complexity index is 3350. The van der Waals surface area contributed by atoms with Crippen LogP contribution in [0.5, 0.6) is 0 Å². The molecule has 0 saturated heterocycles. The SMILES string of the molecule is [2H]c1c([2H])c([2H])c(-c2cccc3c2Cc2c(-c4ccc(-c5nc(-c6ccc7ccccc7c6)nc(-c6ccc7c(c6)oc6ccccc67)n5)cc4)cccc2-3)c([2H])c1[2H]. The van der Waals surface area contributed by atoms with Crippen molar-refractivity contribution in [1.29, 1.82) is 0 Å². The summed E-state index contributed by atoms with van der Waals surface area (Å²) in [6.07, 6.45) is 0.558. The third kappa shape index (κ3) is 5.03. The standard InChI is InChI=1S/C50H31N3O/c1-2-11-32(12-3-1)38-15-8-17-40-41-18-9-16-39(45(41)30-44(38)40)33-21-23-34(24-22-33)48-51-49(36-25-20-31-10-4-5-13-35(31)28-36)53-50(52-48)37-26-27-43-42-14-6-7-19-46(42)54-47(43)29-37/h1-29H,30H2/i1D,2D,3D,11D,12D. The smallest absolute Gasteiger partial charge is 0.164 e. The van der Waals surface area contributed by atoms with Crippen molar-refractivity contribution in [1.82, 2.24) is 15.0 Å². The van der Waals surface area contributed by atoms with Crippen molar-refractivity contribution >= 4 is 32.7 Å². The Labute approximate surface area is 319 Å². The molecule has 0 saturated carbocycles. The summed E-state index contributed by atoms with van der Waals surface area (Å²) in [7, 11) is 0. The zero-order chi connectivity index (χ0) is 39.9. The highest BCUT2D eigenvalue weighted by molar-refractivity contribution is 6.05. The summed E-state index contributed by atoms with van der Waals surface area (Å²) in [5, 5.41) is 4.33. The van der Waals surface area contributed by atoms with E-state index in [2.05, 4.69) is 60.7 Å². The molecule has 2 heterocycles. The summed E-state index contributed by atoms with van der Waals surface area (Å²) < 4.78 is 48.3. The molecule has 0 N–H and O–H groups in total. The molecule has 0 radical (unpaired) electrons. The molecular weight excluding hydrogens is 659 g/mol. The van der Waals surface area contributed by atoms with Gasteiger partial charge in [0.25, 0.3) is 0 Å². The summed E-state index contributed by atoms with van der Waals surface area (Å²) in [6.45, 7) is 0. The van der Waals surface area contributed by atoms with Crippen molar-refractivity contribution in [3.8, 4) is 67.5 Å². The first-order valence-corrected chi connectivity index (χ1v) is 17.9. The molecular formula is C50H31N3O. The minimum atomic E-state index is -0.396. The molecule has 8 aromatic carbocycles. The van der Waals surface area contributed by atoms with Crippen LogP contribution in [0.2, 0.25) is 0 Å². The van der Waals surface area contributed by atoms with Crippen molar-refractivity contribution in [3.05, 3.63) is 187 Å². The number of para-hydroxylation sites is 1. The van der Waals surface area contributed by atoms with E-state index in [0.29, 0.717) is 29.5 Å². The number of furan rings is 1. The average Bonchev–Trinajstić information content (AvgIpc) is 3.86. The molecule has 11 rings (SSSR count). The van der Waals surface area contributed by atoms with Crippen LogP contribution in [0.3, 0.4) is 0 Å². The average molecular weight is 695 g/mol. The Hall–Kier alpha value is -7.17. The summed E-state index contributed by atoms with van der Waals surface area (Å²) in [6, 6.07) is 47.5. The van der Waals surface area contributed by atoms with Crippen molar-refractivity contribution in [3.63, 3.8) is 0 Å². The Morgan fingerprint density at radius 2 is 0.963 bits per heavy atom. The normalized spacial score (nSPS) is 13.3. The topological polar surface area (TPSA) is 51.8 Å². The van der Waals surface area contributed by atoms with E-state index < -0.39 is 6.04 Å². The Kier molecular flexibility index (Phi) is 5.82. The molecule has 0 atom stereocenters. The van der Waals surface area contributed by atoms with E-state index in [1.54, 1.807) is 0 Å². The molecule has 0 bridgehead atoms. The first kappa shape index (κ1) is 25.7. The van der Waals surface area contributed by atoms with Gasteiger partial charge < -0.3 is 4.42 Å². The lowest BCUT2D eigenvalue weighted by atomic mass is 9.95. The van der Waals surface area contributed by atoms with Crippen LogP contribution in [0.25, 0.3) is 100 Å². The number of fused-ring (bicyclic) bond motifs is 7. The van der Waals surface area contributed by atoms with Gasteiger partial charge >= 0.3 is 0 Å². The number of nitrogens with zero attached hydrogens (tertiary/aromatic N) is 3. The van der Waals surface area contributed by atoms with E-state index in [1.165, 1.54) is 0 Å². The first-order chi connectivity index (χ1) is 28.8. The van der Waals surface area contributed by atoms with E-state index in [4.69, 9.17) is 26.2 Å². The van der Waals surface area contributed by atoms with Gasteiger partial charge in [-0.15, -0.1) is 0 Å². The third-order valence-corrected chi connectivity index (χ3v) is 10.5. The van der Waals surface area contributed by atoms with Crippen molar-refractivity contribution in [2.75, 3.05) is 0 Å². The lowest BCUT2D eigenvalue weighted by Crippen LogP contribution is -2.00. The maximum atomic E-state index is 8.68. The lowest BCUT2D eigenvalue weighted by molar-refractivity contribution is 0.669. The van der Waals surface area contributed by atoms with Gasteiger partial charge in [0.2, 0.25) is 0 Å². The maximum absolute atomic E-state index is 8.68. The summed E-state index contributed by atoms with van der Waals surface area (Å²) >= 11 is 0. The van der Waals surface area contributed by atoms with Crippen molar-refractivity contribution < 1.29 is 11.3 Å². The van der Waals surface area contributed by atoms with Crippen LogP contribution in [-0.4, -0.2) is 15.0 Å². The zero-order valence-corrected chi connectivity index (χ0v) is 28.8. The monoisotopic (exact) mass is 694 g/mol. The second kappa shape index (κ2) is 12.2. The van der Waals surface area contributed by atoms with Gasteiger partial charge in [0, 0.05) is 27.5 Å². The summed E-state index contributed by atoms with van der Waals surface area (Å²) in [5.41, 5.74) is 11.2. The molecule has 252 valence electrons. The molecule has 0 spiro atoms. The van der Waals surface area contributed by atoms with Gasteiger partial charge in [-0.3, -0.25) is 0 Å². The van der Waals surface area contributed by atoms with Crippen LogP contribution in [0.4, 0.5) is 0 Å². The van der Waals surface area contributed by atoms with Crippen LogP contribution in [0.1, 0.15) is 18.0 Å². The third-order valence-electron chi connectivity index (χ3n) is 10.5. The van der Waals surface area contributed by atoms with Crippen LogP contribution in [0, 0.1) is 0 Å². The van der Waals surface area contributed by atoms with E-state index >= 15 is 0 Å². The Morgan fingerprint density at radius 1 is 0.407 bits per heavy atom. The van der Waals surface area contributed by atoms with Gasteiger partial charge in [-0.1, -0.05) is 152 Å². The molecule has 2 aromatic heterocycles. The highest BCUT2D eigenvalue weighted by Crippen LogP contribution is 2.45. The van der Waals surface area contributed by atoms with Crippen LogP contribution < -0.4 is 0 Å². The Balaban J connectivity index is 0.994. The number of benzene rings is 8. The van der Waals surface area contributed by atoms with E-state index in [-0.39, 0.29) is 29.7 Å². The Morgan fingerprint density at radius 3 is 1.72 bits per heavy atom. The van der Waals surface area contributed by atoms with E-state index in [1.807, 2.05) is 84.9 Å². The van der Waals surface area contributed by atoms with Gasteiger partial charge in [0.05, 0.1) is 6.85 Å². The van der Waals surface area contributed by atoms with Crippen LogP contribution in [-0.2, 0) is 6.42 Å². The zero-order valence-electron chi connectivity index (χ0n) is 33.8. The number of hydrogen-bond donors (Lipinski definition) is 0. The van der Waals surface area contributed by atoms with Crippen molar-refractivity contribution in [2.24, 2.45) is 0 Å². The maximum Gasteiger partial charge on any atom is 0.164 e. The molecule has 1 aliphatic rings. The molecule has 0 aliphatic heterocycles. The minimum absolute atomic E-state index is 0.198. The van der Waals surface area contributed by atoms with Gasteiger partial charge in [0.1, 0.15) is 11.2 Å². The van der Waals surface area contributed by atoms with Gasteiger partial charge in [-0.25, -0.2) is 15.0 Å². The van der Waals surface area contributed by atoms with Gasteiger partial charge in [-0.05, 0) is 86.0 Å². The predicted octanol–water partition coefficient (Wildman–Crippen LogP) is 12.8. The molecule has 1 aliphatic carbocycles. The fourth-order valence-corrected chi connectivity index (χ4v) is 7.88. The lowest BCUT2D eigenvalue weighted by Gasteiger charge is -2.11. The van der Waals surface area contributed by atoms with Crippen LogP contribution >= 0.6 is 0 Å². The highest BCUT2D eigenvalue weighted by atomic mass is 16.3. The molecule has 4 nitrogen and oxygen atoms in total. The predicted molar refractivity (Wildman–Crippen MR) is 220 cm³/mol. The number of aromatic nitrogens is 3. The molecule has 54 heavy (non-hydrogen) atoms. The highest BCUT2D eigenvalue weighted by Gasteiger charge is 2.24. The second-order valence-electron chi connectivity index (χ2n) is 13.6. The van der Waals surface area contributed by atoms with Gasteiger partial charge in [-0.2, -0.15) is 0 Å². The summed E-state index contributed by atoms with van der Waals surface area (Å²) in [5.74, 6) is 1.65. The fraction of sp³-hybridized carbons (Fsp3) is 0.0200. The molecule has 4 heteroatoms. The quantitative estimate of drug-likeness (QED) is 0.180. The molecule has 0 amide bonds. The molecule has 0 unspecified atom stereocenters. The molecule has 0 fully saturated rings. The van der Waals surface area contributed by atoms with Crippen LogP contribution in [0.15, 0.2) is 180 Å². The minimum Gasteiger partial charge on any atom is -0.456 e. The number of rotatable bonds is 5. The molecule has 10 aromatic rings. The second-order valence-corrected chi connectivity index (χ2v) is 13.6.